The number of hydrogen-bond acceptors (Lipinski definition) is 3. The van der Waals surface area contributed by atoms with Crippen molar-refractivity contribution in [1.29, 1.82) is 0 Å². The molecule has 0 atom stereocenters. The first-order valence-electron chi connectivity index (χ1n) is 6.99. The Bertz CT molecular complexity index is 451. The summed E-state index contributed by atoms with van der Waals surface area (Å²) in [5.41, 5.74) is 0.800. The molecule has 0 bridgehead atoms. The Morgan fingerprint density at radius 1 is 1.45 bits per heavy atom. The van der Waals surface area contributed by atoms with Crippen molar-refractivity contribution in [2.45, 2.75) is 26.3 Å². The zero-order valence-electron chi connectivity index (χ0n) is 11.7. The van der Waals surface area contributed by atoms with Crippen LogP contribution in [0.3, 0.4) is 0 Å². The molecule has 0 aromatic heterocycles. The first-order chi connectivity index (χ1) is 9.56. The van der Waals surface area contributed by atoms with Gasteiger partial charge in [0.2, 0.25) is 5.91 Å². The quantitative estimate of drug-likeness (QED) is 0.897. The summed E-state index contributed by atoms with van der Waals surface area (Å²) in [7, 11) is 0. The van der Waals surface area contributed by atoms with Gasteiger partial charge in [-0.2, -0.15) is 0 Å². The molecule has 1 saturated heterocycles. The van der Waals surface area contributed by atoms with Crippen LogP contribution in [0.15, 0.2) is 18.2 Å². The number of aromatic hydroxyl groups is 1. The molecular weight excluding hydrogens is 276 g/mol. The van der Waals surface area contributed by atoms with Crippen LogP contribution in [-0.2, 0) is 11.3 Å². The monoisotopic (exact) mass is 296 g/mol. The highest BCUT2D eigenvalue weighted by molar-refractivity contribution is 6.31. The maximum atomic E-state index is 10.9. The average Bonchev–Trinajstić information content (AvgIpc) is 2.42. The lowest BCUT2D eigenvalue weighted by atomic mass is 9.96. The number of hydrogen-bond donors (Lipinski definition) is 2. The molecule has 0 spiro atoms. The van der Waals surface area contributed by atoms with Gasteiger partial charge in [-0.15, -0.1) is 0 Å². The van der Waals surface area contributed by atoms with E-state index in [0.29, 0.717) is 17.5 Å². The summed E-state index contributed by atoms with van der Waals surface area (Å²) in [5.74, 6) is 0.848. The second-order valence-electron chi connectivity index (χ2n) is 5.39. The van der Waals surface area contributed by atoms with E-state index in [9.17, 15) is 9.90 Å². The lowest BCUT2D eigenvalue weighted by Gasteiger charge is -2.32. The van der Waals surface area contributed by atoms with Crippen molar-refractivity contribution >= 4 is 17.5 Å². The summed E-state index contributed by atoms with van der Waals surface area (Å²) in [4.78, 5) is 13.2. The van der Waals surface area contributed by atoms with Crippen molar-refractivity contribution in [2.75, 3.05) is 19.6 Å². The van der Waals surface area contributed by atoms with E-state index >= 15 is 0 Å². The first-order valence-corrected chi connectivity index (χ1v) is 7.37. The van der Waals surface area contributed by atoms with Gasteiger partial charge in [-0.1, -0.05) is 17.7 Å². The topological polar surface area (TPSA) is 52.6 Å². The minimum atomic E-state index is 0.0356. The summed E-state index contributed by atoms with van der Waals surface area (Å²) >= 11 is 6.13. The van der Waals surface area contributed by atoms with E-state index in [1.54, 1.807) is 25.1 Å². The summed E-state index contributed by atoms with van der Waals surface area (Å²) < 4.78 is 0. The molecule has 4 nitrogen and oxygen atoms in total. The molecule has 0 saturated carbocycles. The number of likely N-dealkylation sites (tertiary alicyclic amines) is 1. The molecule has 1 aromatic rings. The lowest BCUT2D eigenvalue weighted by Crippen LogP contribution is -2.37. The van der Waals surface area contributed by atoms with Crippen LogP contribution in [0, 0.1) is 5.92 Å². The Hall–Kier alpha value is -1.26. The molecule has 1 fully saturated rings. The van der Waals surface area contributed by atoms with Gasteiger partial charge in [0.1, 0.15) is 5.75 Å². The SMILES string of the molecule is CC(=O)NCC1CCN(Cc2c(O)cccc2Cl)CC1. The summed E-state index contributed by atoms with van der Waals surface area (Å²) in [6.45, 7) is 4.93. The maximum Gasteiger partial charge on any atom is 0.216 e. The molecule has 0 aliphatic carbocycles. The molecule has 1 amide bonds. The number of amides is 1. The number of carbonyl (C=O) groups excluding carboxylic acids is 1. The fraction of sp³-hybridized carbons (Fsp3) is 0.533. The predicted octanol–water partition coefficient (Wildman–Crippen LogP) is 2.39. The van der Waals surface area contributed by atoms with Crippen LogP contribution in [0.1, 0.15) is 25.3 Å². The summed E-state index contributed by atoms with van der Waals surface area (Å²) in [6, 6.07) is 5.23. The molecule has 1 aromatic carbocycles. The number of phenolic OH excluding ortho intramolecular Hbond substituents is 1. The summed E-state index contributed by atoms with van der Waals surface area (Å²) in [6.07, 6.45) is 2.12. The molecule has 110 valence electrons. The van der Waals surface area contributed by atoms with Crippen molar-refractivity contribution in [3.8, 4) is 5.75 Å². The molecule has 0 unspecified atom stereocenters. The number of piperidine rings is 1. The third-order valence-corrected chi connectivity index (χ3v) is 4.18. The van der Waals surface area contributed by atoms with E-state index in [-0.39, 0.29) is 11.7 Å². The Morgan fingerprint density at radius 2 is 2.15 bits per heavy atom. The van der Waals surface area contributed by atoms with Gasteiger partial charge >= 0.3 is 0 Å². The fourth-order valence-electron chi connectivity index (χ4n) is 2.56. The van der Waals surface area contributed by atoms with Gasteiger partial charge in [0.15, 0.2) is 0 Å². The Kier molecular flexibility index (Phi) is 5.26. The van der Waals surface area contributed by atoms with E-state index in [4.69, 9.17) is 11.6 Å². The zero-order valence-corrected chi connectivity index (χ0v) is 12.5. The van der Waals surface area contributed by atoms with Crippen molar-refractivity contribution in [3.63, 3.8) is 0 Å². The van der Waals surface area contributed by atoms with Gasteiger partial charge < -0.3 is 10.4 Å². The highest BCUT2D eigenvalue weighted by atomic mass is 35.5. The average molecular weight is 297 g/mol. The van der Waals surface area contributed by atoms with Crippen molar-refractivity contribution in [2.24, 2.45) is 5.92 Å². The highest BCUT2D eigenvalue weighted by Gasteiger charge is 2.20. The third kappa shape index (κ3) is 4.12. The van der Waals surface area contributed by atoms with E-state index in [2.05, 4.69) is 10.2 Å². The normalized spacial score (nSPS) is 17.1. The Balaban J connectivity index is 1.84. The van der Waals surface area contributed by atoms with Gasteiger partial charge in [0, 0.05) is 30.6 Å². The van der Waals surface area contributed by atoms with Crippen molar-refractivity contribution in [1.82, 2.24) is 10.2 Å². The third-order valence-electron chi connectivity index (χ3n) is 3.82. The molecule has 1 aliphatic rings. The number of rotatable bonds is 4. The number of nitrogens with one attached hydrogen (secondary N) is 1. The van der Waals surface area contributed by atoms with Crippen LogP contribution in [-0.4, -0.2) is 35.5 Å². The largest absolute Gasteiger partial charge is 0.508 e. The van der Waals surface area contributed by atoms with Crippen LogP contribution in [0.4, 0.5) is 0 Å². The molecule has 1 aliphatic heterocycles. The first kappa shape index (κ1) is 15.1. The molecule has 20 heavy (non-hydrogen) atoms. The number of carbonyl (C=O) groups is 1. The number of nitrogens with zero attached hydrogens (tertiary/aromatic N) is 1. The van der Waals surface area contributed by atoms with Crippen LogP contribution in [0.5, 0.6) is 5.75 Å². The van der Waals surface area contributed by atoms with Crippen LogP contribution in [0.2, 0.25) is 5.02 Å². The van der Waals surface area contributed by atoms with E-state index in [1.165, 1.54) is 0 Å². The molecule has 5 heteroatoms. The molecule has 2 rings (SSSR count). The van der Waals surface area contributed by atoms with E-state index in [0.717, 1.165) is 38.0 Å². The minimum absolute atomic E-state index is 0.0356. The summed E-state index contributed by atoms with van der Waals surface area (Å²) in [5, 5.41) is 13.4. The second kappa shape index (κ2) is 6.95. The van der Waals surface area contributed by atoms with Gasteiger partial charge in [-0.25, -0.2) is 0 Å². The maximum absolute atomic E-state index is 10.9. The Morgan fingerprint density at radius 3 is 2.75 bits per heavy atom. The smallest absolute Gasteiger partial charge is 0.216 e. The molecule has 2 N–H and O–H groups in total. The lowest BCUT2D eigenvalue weighted by molar-refractivity contribution is -0.119. The van der Waals surface area contributed by atoms with Gasteiger partial charge in [-0.05, 0) is 44.0 Å². The van der Waals surface area contributed by atoms with Crippen molar-refractivity contribution < 1.29 is 9.90 Å². The van der Waals surface area contributed by atoms with Gasteiger partial charge in [-0.3, -0.25) is 9.69 Å². The minimum Gasteiger partial charge on any atom is -0.508 e. The Labute approximate surface area is 124 Å². The molecule has 1 heterocycles. The van der Waals surface area contributed by atoms with Gasteiger partial charge in [0.25, 0.3) is 0 Å². The van der Waals surface area contributed by atoms with E-state index < -0.39 is 0 Å². The fourth-order valence-corrected chi connectivity index (χ4v) is 2.79. The number of benzene rings is 1. The molecular formula is C15H21ClN2O2. The van der Waals surface area contributed by atoms with Crippen LogP contribution in [0.25, 0.3) is 0 Å². The van der Waals surface area contributed by atoms with E-state index in [1.807, 2.05) is 0 Å². The van der Waals surface area contributed by atoms with Crippen molar-refractivity contribution in [3.05, 3.63) is 28.8 Å². The van der Waals surface area contributed by atoms with Crippen LogP contribution < -0.4 is 5.32 Å². The molecule has 0 radical (unpaired) electrons. The number of phenols is 1. The highest BCUT2D eigenvalue weighted by Crippen LogP contribution is 2.28. The number of halogens is 1. The zero-order chi connectivity index (χ0) is 14.5. The standard InChI is InChI=1S/C15H21ClN2O2/c1-11(19)17-9-12-5-7-18(8-6-12)10-13-14(16)3-2-4-15(13)20/h2-4,12,20H,5-10H2,1H3,(H,17,19). The van der Waals surface area contributed by atoms with Crippen LogP contribution >= 0.6 is 11.6 Å². The second-order valence-corrected chi connectivity index (χ2v) is 5.80. The predicted molar refractivity (Wildman–Crippen MR) is 79.8 cm³/mol. The van der Waals surface area contributed by atoms with Gasteiger partial charge in [0.05, 0.1) is 0 Å².